The highest BCUT2D eigenvalue weighted by Gasteiger charge is 2.09. The van der Waals surface area contributed by atoms with E-state index in [0.29, 0.717) is 0 Å². The molecule has 0 radical (unpaired) electrons. The molecule has 0 aliphatic rings. The summed E-state index contributed by atoms with van der Waals surface area (Å²) in [5, 5.41) is 9.46. The van der Waals surface area contributed by atoms with Crippen molar-refractivity contribution in [2.75, 3.05) is 5.75 Å². The molecule has 0 aliphatic heterocycles. The van der Waals surface area contributed by atoms with Crippen molar-refractivity contribution in [1.29, 1.82) is 0 Å². The number of rotatable bonds is 6. The molecule has 0 fully saturated rings. The molecule has 1 N–H and O–H groups in total. The Labute approximate surface area is 115 Å². The number of hydrogen-bond acceptors (Lipinski definition) is 4. The van der Waals surface area contributed by atoms with E-state index < -0.39 is 5.97 Å². The molecule has 6 nitrogen and oxygen atoms in total. The molecule has 0 saturated carbocycles. The largest absolute Gasteiger partial charge is 0.481 e. The second-order valence-electron chi connectivity index (χ2n) is 4.25. The summed E-state index contributed by atoms with van der Waals surface area (Å²) in [5.74, 6) is 0.195. The zero-order valence-electron chi connectivity index (χ0n) is 10.9. The third kappa shape index (κ3) is 3.60. The van der Waals surface area contributed by atoms with E-state index in [1.807, 2.05) is 35.5 Å². The molecule has 0 amide bonds. The quantitative estimate of drug-likeness (QED) is 0.808. The van der Waals surface area contributed by atoms with Crippen LogP contribution in [-0.2, 0) is 24.8 Å². The van der Waals surface area contributed by atoms with Crippen LogP contribution in [0.25, 0.3) is 0 Å². The van der Waals surface area contributed by atoms with Crippen LogP contribution in [0.5, 0.6) is 0 Å². The van der Waals surface area contributed by atoms with Gasteiger partial charge in [0.1, 0.15) is 5.82 Å². The highest BCUT2D eigenvalue weighted by atomic mass is 32.2. The van der Waals surface area contributed by atoms with Crippen molar-refractivity contribution in [2.45, 2.75) is 25.0 Å². The fourth-order valence-corrected chi connectivity index (χ4v) is 2.56. The molecule has 0 unspecified atom stereocenters. The predicted octanol–water partition coefficient (Wildman–Crippen LogP) is 1.34. The smallest absolute Gasteiger partial charge is 0.313 e. The molecule has 0 saturated heterocycles. The van der Waals surface area contributed by atoms with Crippen LogP contribution in [0.3, 0.4) is 0 Å². The van der Waals surface area contributed by atoms with Crippen LogP contribution in [0.4, 0.5) is 0 Å². The van der Waals surface area contributed by atoms with Crippen LogP contribution in [0.2, 0.25) is 0 Å². The number of nitrogens with zero attached hydrogens (tertiary/aromatic N) is 4. The molecule has 19 heavy (non-hydrogen) atoms. The number of imidazole rings is 2. The Bertz CT molecular complexity index is 576. The lowest BCUT2D eigenvalue weighted by atomic mass is 10.4. The van der Waals surface area contributed by atoms with Crippen LogP contribution >= 0.6 is 11.8 Å². The Morgan fingerprint density at radius 1 is 1.53 bits per heavy atom. The Morgan fingerprint density at radius 3 is 2.95 bits per heavy atom. The molecular formula is C12H16N4O2S. The molecular weight excluding hydrogens is 264 g/mol. The standard InChI is InChI=1S/C12H16N4O2S/c1-9-7-16(12(14-9)19-8-11(17)18)5-3-10-13-4-6-15(10)2/h4,6-7H,3,5,8H2,1-2H3,(H,17,18). The van der Waals surface area contributed by atoms with E-state index in [9.17, 15) is 4.79 Å². The fraction of sp³-hybridized carbons (Fsp3) is 0.417. The first kappa shape index (κ1) is 13.7. The third-order valence-electron chi connectivity index (χ3n) is 2.68. The molecule has 2 rings (SSSR count). The monoisotopic (exact) mass is 280 g/mol. The van der Waals surface area contributed by atoms with Gasteiger partial charge in [-0.15, -0.1) is 0 Å². The number of carboxylic acids is 1. The van der Waals surface area contributed by atoms with Gasteiger partial charge < -0.3 is 14.2 Å². The van der Waals surface area contributed by atoms with Gasteiger partial charge in [-0.1, -0.05) is 11.8 Å². The summed E-state index contributed by atoms with van der Waals surface area (Å²) < 4.78 is 3.96. The van der Waals surface area contributed by atoms with Gasteiger partial charge in [-0.05, 0) is 6.92 Å². The van der Waals surface area contributed by atoms with Gasteiger partial charge in [0, 0.05) is 38.6 Å². The van der Waals surface area contributed by atoms with Crippen molar-refractivity contribution in [3.8, 4) is 0 Å². The first-order chi connectivity index (χ1) is 9.06. The molecule has 0 aromatic carbocycles. The predicted molar refractivity (Wildman–Crippen MR) is 72.2 cm³/mol. The first-order valence-electron chi connectivity index (χ1n) is 5.91. The average molecular weight is 280 g/mol. The summed E-state index contributed by atoms with van der Waals surface area (Å²) in [4.78, 5) is 19.2. The molecule has 102 valence electrons. The van der Waals surface area contributed by atoms with E-state index in [0.717, 1.165) is 29.6 Å². The minimum absolute atomic E-state index is 0.0266. The number of aliphatic carboxylic acids is 1. The third-order valence-corrected chi connectivity index (χ3v) is 3.66. The molecule has 2 heterocycles. The lowest BCUT2D eigenvalue weighted by Gasteiger charge is -2.06. The molecule has 0 bridgehead atoms. The summed E-state index contributed by atoms with van der Waals surface area (Å²) in [6, 6.07) is 0. The zero-order valence-corrected chi connectivity index (χ0v) is 11.7. The molecule has 2 aromatic rings. The Balaban J connectivity index is 2.03. The molecule has 7 heteroatoms. The van der Waals surface area contributed by atoms with Crippen molar-refractivity contribution in [2.24, 2.45) is 7.05 Å². The summed E-state index contributed by atoms with van der Waals surface area (Å²) >= 11 is 1.24. The van der Waals surface area contributed by atoms with Crippen LogP contribution in [0.1, 0.15) is 11.5 Å². The van der Waals surface area contributed by atoms with E-state index in [-0.39, 0.29) is 5.75 Å². The van der Waals surface area contributed by atoms with Gasteiger partial charge in [0.15, 0.2) is 5.16 Å². The van der Waals surface area contributed by atoms with E-state index in [1.165, 1.54) is 11.8 Å². The molecule has 2 aromatic heterocycles. The normalized spacial score (nSPS) is 10.8. The van der Waals surface area contributed by atoms with Gasteiger partial charge in [-0.3, -0.25) is 4.79 Å². The summed E-state index contributed by atoms with van der Waals surface area (Å²) in [6.07, 6.45) is 6.41. The highest BCUT2D eigenvalue weighted by molar-refractivity contribution is 7.99. The lowest BCUT2D eigenvalue weighted by Crippen LogP contribution is -2.07. The average Bonchev–Trinajstić information content (AvgIpc) is 2.90. The van der Waals surface area contributed by atoms with Crippen molar-refractivity contribution in [3.05, 3.63) is 30.1 Å². The number of thioether (sulfide) groups is 1. The van der Waals surface area contributed by atoms with Crippen molar-refractivity contribution in [1.82, 2.24) is 19.1 Å². The second-order valence-corrected chi connectivity index (χ2v) is 5.19. The SMILES string of the molecule is Cc1cn(CCc2nccn2C)c(SCC(=O)O)n1. The lowest BCUT2D eigenvalue weighted by molar-refractivity contribution is -0.133. The number of aromatic nitrogens is 4. The summed E-state index contributed by atoms with van der Waals surface area (Å²) in [7, 11) is 1.96. The van der Waals surface area contributed by atoms with Gasteiger partial charge in [0.2, 0.25) is 0 Å². The Hall–Kier alpha value is -1.76. The topological polar surface area (TPSA) is 72.9 Å². The van der Waals surface area contributed by atoms with Gasteiger partial charge in [0.25, 0.3) is 0 Å². The number of carboxylic acid groups (broad SMARTS) is 1. The fourth-order valence-electron chi connectivity index (χ4n) is 1.78. The van der Waals surface area contributed by atoms with E-state index in [4.69, 9.17) is 5.11 Å². The van der Waals surface area contributed by atoms with Crippen LogP contribution < -0.4 is 0 Å². The number of aryl methyl sites for hydroxylation is 4. The van der Waals surface area contributed by atoms with Crippen molar-refractivity contribution >= 4 is 17.7 Å². The Morgan fingerprint density at radius 2 is 2.32 bits per heavy atom. The maximum absolute atomic E-state index is 10.6. The molecule has 0 aliphatic carbocycles. The van der Waals surface area contributed by atoms with Crippen molar-refractivity contribution < 1.29 is 9.90 Å². The first-order valence-corrected chi connectivity index (χ1v) is 6.89. The van der Waals surface area contributed by atoms with Gasteiger partial charge in [0.05, 0.1) is 11.4 Å². The highest BCUT2D eigenvalue weighted by Crippen LogP contribution is 2.17. The maximum Gasteiger partial charge on any atom is 0.313 e. The van der Waals surface area contributed by atoms with E-state index in [1.54, 1.807) is 6.20 Å². The minimum Gasteiger partial charge on any atom is -0.481 e. The molecule has 0 spiro atoms. The molecule has 0 atom stereocenters. The summed E-state index contributed by atoms with van der Waals surface area (Å²) in [5.41, 5.74) is 0.896. The van der Waals surface area contributed by atoms with Crippen LogP contribution in [-0.4, -0.2) is 35.9 Å². The van der Waals surface area contributed by atoms with E-state index >= 15 is 0 Å². The van der Waals surface area contributed by atoms with E-state index in [2.05, 4.69) is 9.97 Å². The zero-order chi connectivity index (χ0) is 13.8. The number of hydrogen-bond donors (Lipinski definition) is 1. The Kier molecular flexibility index (Phi) is 4.26. The van der Waals surface area contributed by atoms with Gasteiger partial charge in [-0.2, -0.15) is 0 Å². The van der Waals surface area contributed by atoms with Crippen molar-refractivity contribution in [3.63, 3.8) is 0 Å². The minimum atomic E-state index is -0.832. The van der Waals surface area contributed by atoms with Crippen LogP contribution in [0, 0.1) is 6.92 Å². The second kappa shape index (κ2) is 5.92. The van der Waals surface area contributed by atoms with Crippen LogP contribution in [0.15, 0.2) is 23.7 Å². The maximum atomic E-state index is 10.6. The van der Waals surface area contributed by atoms with Gasteiger partial charge in [-0.25, -0.2) is 9.97 Å². The summed E-state index contributed by atoms with van der Waals surface area (Å²) in [6.45, 7) is 2.65. The van der Waals surface area contributed by atoms with Gasteiger partial charge >= 0.3 is 5.97 Å². The number of carbonyl (C=O) groups is 1.